The summed E-state index contributed by atoms with van der Waals surface area (Å²) in [6.45, 7) is 0. The lowest BCUT2D eigenvalue weighted by atomic mass is 10.2. The maximum atomic E-state index is 10.3. The average molecular weight is 184 g/mol. The first-order valence-electron chi connectivity index (χ1n) is 3.60. The van der Waals surface area contributed by atoms with Crippen molar-refractivity contribution in [1.82, 2.24) is 0 Å². The molecule has 0 amide bonds. The number of halogens is 1. The van der Waals surface area contributed by atoms with E-state index in [1.807, 2.05) is 24.1 Å². The summed E-state index contributed by atoms with van der Waals surface area (Å²) in [5, 5.41) is 0. The third kappa shape index (κ3) is 1.98. The molecule has 0 heterocycles. The number of rotatable bonds is 3. The molecule has 0 spiro atoms. The zero-order chi connectivity index (χ0) is 8.97. The summed E-state index contributed by atoms with van der Waals surface area (Å²) in [4.78, 5) is 12.2. The van der Waals surface area contributed by atoms with Crippen LogP contribution in [0.3, 0.4) is 0 Å². The van der Waals surface area contributed by atoms with Crippen LogP contribution in [-0.4, -0.2) is 19.3 Å². The zero-order valence-electron chi connectivity index (χ0n) is 6.83. The molecule has 0 radical (unpaired) electrons. The second-order valence-electron chi connectivity index (χ2n) is 2.53. The highest BCUT2D eigenvalue weighted by Gasteiger charge is 1.97. The summed E-state index contributed by atoms with van der Waals surface area (Å²) in [7, 11) is 1.89. The van der Waals surface area contributed by atoms with E-state index in [4.69, 9.17) is 11.6 Å². The van der Waals surface area contributed by atoms with Gasteiger partial charge in [-0.05, 0) is 24.3 Å². The molecule has 64 valence electrons. The number of aldehydes is 1. The second-order valence-corrected chi connectivity index (χ2v) is 2.77. The summed E-state index contributed by atoms with van der Waals surface area (Å²) >= 11 is 5.62. The molecule has 1 aromatic rings. The quantitative estimate of drug-likeness (QED) is 0.407. The third-order valence-corrected chi connectivity index (χ3v) is 2.01. The fourth-order valence-electron chi connectivity index (χ4n) is 0.876. The number of nitrogens with zero attached hydrogens (tertiary/aromatic N) is 1. The summed E-state index contributed by atoms with van der Waals surface area (Å²) < 4.78 is 0. The number of carbonyl (C=O) groups excluding carboxylic acids is 1. The zero-order valence-corrected chi connectivity index (χ0v) is 7.58. The van der Waals surface area contributed by atoms with E-state index in [0.29, 0.717) is 11.6 Å². The van der Waals surface area contributed by atoms with Crippen LogP contribution in [0.4, 0.5) is 5.69 Å². The minimum atomic E-state index is 0.445. The lowest BCUT2D eigenvalue weighted by Gasteiger charge is -2.14. The predicted molar refractivity (Wildman–Crippen MR) is 51.0 cm³/mol. The SMILES string of the molecule is CN(CCl)c1ccc(C=O)cc1. The van der Waals surface area contributed by atoms with Crippen LogP contribution < -0.4 is 4.90 Å². The molecular formula is C9H10ClNO. The summed E-state index contributed by atoms with van der Waals surface area (Å²) in [6.07, 6.45) is 0.824. The van der Waals surface area contributed by atoms with Gasteiger partial charge in [-0.2, -0.15) is 0 Å². The number of anilines is 1. The number of benzene rings is 1. The molecule has 0 aromatic heterocycles. The van der Waals surface area contributed by atoms with Gasteiger partial charge in [0.05, 0.1) is 6.00 Å². The molecule has 0 fully saturated rings. The van der Waals surface area contributed by atoms with Gasteiger partial charge in [0.25, 0.3) is 0 Å². The highest BCUT2D eigenvalue weighted by Crippen LogP contribution is 2.12. The Labute approximate surface area is 76.8 Å². The lowest BCUT2D eigenvalue weighted by Crippen LogP contribution is -2.13. The van der Waals surface area contributed by atoms with E-state index < -0.39 is 0 Å². The maximum absolute atomic E-state index is 10.3. The Morgan fingerprint density at radius 1 is 1.42 bits per heavy atom. The lowest BCUT2D eigenvalue weighted by molar-refractivity contribution is 0.112. The molecule has 0 aliphatic rings. The first-order valence-corrected chi connectivity index (χ1v) is 4.13. The van der Waals surface area contributed by atoms with E-state index in [2.05, 4.69) is 0 Å². The standard InChI is InChI=1S/C9H10ClNO/c1-11(7-10)9-4-2-8(6-12)3-5-9/h2-6H,7H2,1H3. The molecule has 1 aromatic carbocycles. The van der Waals surface area contributed by atoms with Gasteiger partial charge < -0.3 is 4.90 Å². The molecule has 1 rings (SSSR count). The first-order chi connectivity index (χ1) is 5.77. The van der Waals surface area contributed by atoms with Crippen molar-refractivity contribution in [2.75, 3.05) is 18.0 Å². The monoisotopic (exact) mass is 183 g/mol. The molecule has 0 aliphatic heterocycles. The van der Waals surface area contributed by atoms with Crippen LogP contribution in [0.1, 0.15) is 10.4 Å². The van der Waals surface area contributed by atoms with E-state index in [1.165, 1.54) is 0 Å². The molecule has 0 aliphatic carbocycles. The molecule has 3 heteroatoms. The van der Waals surface area contributed by atoms with E-state index in [9.17, 15) is 4.79 Å². The number of carbonyl (C=O) groups is 1. The van der Waals surface area contributed by atoms with E-state index >= 15 is 0 Å². The number of hydrogen-bond donors (Lipinski definition) is 0. The Balaban J connectivity index is 2.84. The van der Waals surface area contributed by atoms with Crippen molar-refractivity contribution in [2.45, 2.75) is 0 Å². The van der Waals surface area contributed by atoms with Gasteiger partial charge in [0.1, 0.15) is 6.29 Å². The molecular weight excluding hydrogens is 174 g/mol. The fourth-order valence-corrected chi connectivity index (χ4v) is 1.01. The Bertz CT molecular complexity index is 258. The Hall–Kier alpha value is -1.02. The predicted octanol–water partition coefficient (Wildman–Crippen LogP) is 2.13. The van der Waals surface area contributed by atoms with Gasteiger partial charge in [-0.1, -0.05) is 0 Å². The molecule has 12 heavy (non-hydrogen) atoms. The van der Waals surface area contributed by atoms with Crippen LogP contribution in [0.5, 0.6) is 0 Å². The Kier molecular flexibility index (Phi) is 3.11. The topological polar surface area (TPSA) is 20.3 Å². The van der Waals surface area contributed by atoms with Crippen LogP contribution >= 0.6 is 11.6 Å². The van der Waals surface area contributed by atoms with Gasteiger partial charge in [-0.15, -0.1) is 11.6 Å². The van der Waals surface area contributed by atoms with Gasteiger partial charge >= 0.3 is 0 Å². The molecule has 0 saturated heterocycles. The molecule has 2 nitrogen and oxygen atoms in total. The molecule has 0 unspecified atom stereocenters. The second kappa shape index (κ2) is 4.12. The summed E-state index contributed by atoms with van der Waals surface area (Å²) in [6, 6.07) is 7.72. The fraction of sp³-hybridized carbons (Fsp3) is 0.222. The van der Waals surface area contributed by atoms with Gasteiger partial charge in [0.15, 0.2) is 0 Å². The maximum Gasteiger partial charge on any atom is 0.150 e. The van der Waals surface area contributed by atoms with Crippen LogP contribution in [0.15, 0.2) is 24.3 Å². The van der Waals surface area contributed by atoms with Gasteiger partial charge in [-0.25, -0.2) is 0 Å². The van der Waals surface area contributed by atoms with E-state index in [1.54, 1.807) is 12.1 Å². The molecule has 0 atom stereocenters. The van der Waals surface area contributed by atoms with Crippen molar-refractivity contribution < 1.29 is 4.79 Å². The smallest absolute Gasteiger partial charge is 0.150 e. The van der Waals surface area contributed by atoms with Crippen LogP contribution in [-0.2, 0) is 0 Å². The largest absolute Gasteiger partial charge is 0.361 e. The van der Waals surface area contributed by atoms with Crippen LogP contribution in [0.2, 0.25) is 0 Å². The highest BCUT2D eigenvalue weighted by atomic mass is 35.5. The summed E-state index contributed by atoms with van der Waals surface area (Å²) in [5.41, 5.74) is 1.69. The van der Waals surface area contributed by atoms with E-state index in [-0.39, 0.29) is 0 Å². The van der Waals surface area contributed by atoms with Crippen molar-refractivity contribution in [3.8, 4) is 0 Å². The van der Waals surface area contributed by atoms with Gasteiger partial charge in [0, 0.05) is 18.3 Å². The summed E-state index contributed by atoms with van der Waals surface area (Å²) in [5.74, 6) is 0. The number of alkyl halides is 1. The molecule has 0 saturated carbocycles. The normalized spacial score (nSPS) is 9.50. The first kappa shape index (κ1) is 9.07. The van der Waals surface area contributed by atoms with Crippen LogP contribution in [0.25, 0.3) is 0 Å². The van der Waals surface area contributed by atoms with Crippen molar-refractivity contribution in [3.63, 3.8) is 0 Å². The Morgan fingerprint density at radius 3 is 2.42 bits per heavy atom. The molecule has 0 bridgehead atoms. The third-order valence-electron chi connectivity index (χ3n) is 1.65. The van der Waals surface area contributed by atoms with Gasteiger partial charge in [0.2, 0.25) is 0 Å². The van der Waals surface area contributed by atoms with E-state index in [0.717, 1.165) is 12.0 Å². The van der Waals surface area contributed by atoms with Crippen molar-refractivity contribution in [1.29, 1.82) is 0 Å². The number of hydrogen-bond acceptors (Lipinski definition) is 2. The molecule has 0 N–H and O–H groups in total. The van der Waals surface area contributed by atoms with Crippen molar-refractivity contribution >= 4 is 23.6 Å². The highest BCUT2D eigenvalue weighted by molar-refractivity contribution is 6.18. The van der Waals surface area contributed by atoms with Crippen molar-refractivity contribution in [3.05, 3.63) is 29.8 Å². The minimum absolute atomic E-state index is 0.445. The average Bonchev–Trinajstić information content (AvgIpc) is 2.17. The minimum Gasteiger partial charge on any atom is -0.361 e. The van der Waals surface area contributed by atoms with Gasteiger partial charge in [-0.3, -0.25) is 4.79 Å². The van der Waals surface area contributed by atoms with Crippen molar-refractivity contribution in [2.24, 2.45) is 0 Å². The Morgan fingerprint density at radius 2 is 2.00 bits per heavy atom. The van der Waals surface area contributed by atoms with Crippen LogP contribution in [0, 0.1) is 0 Å².